The quantitative estimate of drug-likeness (QED) is 0.700. The third kappa shape index (κ3) is 2.51. The van der Waals surface area contributed by atoms with Crippen LogP contribution in [-0.4, -0.2) is 22.4 Å². The second kappa shape index (κ2) is 6.06. The van der Waals surface area contributed by atoms with Gasteiger partial charge >= 0.3 is 6.09 Å². The first-order valence-electron chi connectivity index (χ1n) is 10.2. The second-order valence-corrected chi connectivity index (χ2v) is 9.21. The Balaban J connectivity index is 1.64. The number of hydrogen-bond acceptors (Lipinski definition) is 3. The van der Waals surface area contributed by atoms with Crippen molar-refractivity contribution < 1.29 is 14.3 Å². The third-order valence-electron chi connectivity index (χ3n) is 6.33. The van der Waals surface area contributed by atoms with E-state index in [0.29, 0.717) is 0 Å². The Labute approximate surface area is 171 Å². The highest BCUT2D eigenvalue weighted by Crippen LogP contribution is 2.70. The van der Waals surface area contributed by atoms with E-state index in [4.69, 9.17) is 4.74 Å². The first kappa shape index (κ1) is 18.2. The molecule has 4 heteroatoms. The van der Waals surface area contributed by atoms with E-state index in [0.717, 1.165) is 22.3 Å². The van der Waals surface area contributed by atoms with Gasteiger partial charge in [-0.15, -0.1) is 0 Å². The minimum atomic E-state index is -0.566. The summed E-state index contributed by atoms with van der Waals surface area (Å²) in [6.07, 6.45) is -0.298. The molecule has 4 atom stereocenters. The number of rotatable bonds is 2. The van der Waals surface area contributed by atoms with Crippen molar-refractivity contribution in [1.29, 1.82) is 0 Å². The summed E-state index contributed by atoms with van der Waals surface area (Å²) in [5.41, 5.74) is 4.81. The molecule has 2 aromatic rings. The SMILES string of the molecule is CC(=O)C1=C(c2ccccc2)[C@@H]2[C@H]1[C@H]1c3ccccc3[C@@H]2N1C(=O)OC(C)(C)C. The molecule has 0 spiro atoms. The van der Waals surface area contributed by atoms with E-state index in [-0.39, 0.29) is 35.8 Å². The molecule has 148 valence electrons. The average Bonchev–Trinajstić information content (AvgIpc) is 3.09. The number of amides is 1. The third-order valence-corrected chi connectivity index (χ3v) is 6.33. The van der Waals surface area contributed by atoms with Gasteiger partial charge in [0.1, 0.15) is 5.60 Å². The molecule has 0 saturated carbocycles. The molecule has 3 aliphatic rings. The van der Waals surface area contributed by atoms with Crippen LogP contribution in [0.3, 0.4) is 0 Å². The topological polar surface area (TPSA) is 46.6 Å². The summed E-state index contributed by atoms with van der Waals surface area (Å²) in [6, 6.07) is 18.1. The number of ether oxygens (including phenoxy) is 1. The lowest BCUT2D eigenvalue weighted by molar-refractivity contribution is -0.114. The molecule has 0 aromatic heterocycles. The Bertz CT molecular complexity index is 1050. The van der Waals surface area contributed by atoms with Gasteiger partial charge in [0.15, 0.2) is 5.78 Å². The maximum Gasteiger partial charge on any atom is 0.411 e. The Morgan fingerprint density at radius 3 is 1.97 bits per heavy atom. The smallest absolute Gasteiger partial charge is 0.411 e. The molecule has 1 amide bonds. The van der Waals surface area contributed by atoms with Gasteiger partial charge in [-0.2, -0.15) is 0 Å². The first-order valence-corrected chi connectivity index (χ1v) is 10.2. The van der Waals surface area contributed by atoms with E-state index in [1.54, 1.807) is 6.92 Å². The monoisotopic (exact) mass is 387 g/mol. The minimum Gasteiger partial charge on any atom is -0.444 e. The van der Waals surface area contributed by atoms with Crippen LogP contribution in [0.4, 0.5) is 4.79 Å². The fourth-order valence-corrected chi connectivity index (χ4v) is 5.52. The zero-order chi connectivity index (χ0) is 20.5. The summed E-state index contributed by atoms with van der Waals surface area (Å²) >= 11 is 0. The normalized spacial score (nSPS) is 26.7. The average molecular weight is 387 g/mol. The number of carbonyl (C=O) groups excluding carboxylic acids is 2. The Hall–Kier alpha value is -2.88. The van der Waals surface area contributed by atoms with E-state index in [1.165, 1.54) is 5.56 Å². The molecule has 1 saturated heterocycles. The minimum absolute atomic E-state index is 0.0372. The first-order chi connectivity index (χ1) is 13.8. The highest BCUT2D eigenvalue weighted by atomic mass is 16.6. The van der Waals surface area contributed by atoms with Crippen molar-refractivity contribution in [1.82, 2.24) is 4.90 Å². The lowest BCUT2D eigenvalue weighted by atomic mass is 9.58. The summed E-state index contributed by atoms with van der Waals surface area (Å²) in [5.74, 6) is 0.262. The molecule has 0 unspecified atom stereocenters. The molecule has 1 fully saturated rings. The van der Waals surface area contributed by atoms with Gasteiger partial charge in [-0.05, 0) is 50.0 Å². The van der Waals surface area contributed by atoms with E-state index < -0.39 is 5.60 Å². The Morgan fingerprint density at radius 1 is 0.862 bits per heavy atom. The van der Waals surface area contributed by atoms with E-state index in [2.05, 4.69) is 24.3 Å². The number of carbonyl (C=O) groups is 2. The standard InChI is InChI=1S/C25H25NO3/c1-14(27)18-19(15-10-6-5-7-11-15)21-20(18)22-16-12-8-9-13-17(16)23(21)26(22)24(28)29-25(2,3)4/h5-13,20-23H,1-4H3/t20-,21+,22+,23-/m0/s1. The van der Waals surface area contributed by atoms with Crippen molar-refractivity contribution in [3.8, 4) is 0 Å². The van der Waals surface area contributed by atoms with Crippen LogP contribution in [0.5, 0.6) is 0 Å². The molecule has 0 N–H and O–H groups in total. The van der Waals surface area contributed by atoms with Gasteiger partial charge in [0.05, 0.1) is 12.1 Å². The van der Waals surface area contributed by atoms with E-state index in [9.17, 15) is 9.59 Å². The van der Waals surface area contributed by atoms with Gasteiger partial charge in [-0.3, -0.25) is 9.69 Å². The molecule has 29 heavy (non-hydrogen) atoms. The van der Waals surface area contributed by atoms with Gasteiger partial charge in [0.25, 0.3) is 0 Å². The van der Waals surface area contributed by atoms with Crippen molar-refractivity contribution in [2.45, 2.75) is 45.4 Å². The molecule has 2 heterocycles. The van der Waals surface area contributed by atoms with Crippen LogP contribution in [0, 0.1) is 11.8 Å². The fraction of sp³-hybridized carbons (Fsp3) is 0.360. The predicted molar refractivity (Wildman–Crippen MR) is 111 cm³/mol. The number of Topliss-reactive ketones (excluding diaryl/α,β-unsaturated/α-hetero) is 1. The molecule has 1 aliphatic carbocycles. The van der Waals surface area contributed by atoms with Crippen LogP contribution in [0.2, 0.25) is 0 Å². The van der Waals surface area contributed by atoms with Gasteiger partial charge in [0.2, 0.25) is 0 Å². The van der Waals surface area contributed by atoms with Gasteiger partial charge in [-0.1, -0.05) is 54.6 Å². The largest absolute Gasteiger partial charge is 0.444 e. The van der Waals surface area contributed by atoms with Gasteiger partial charge < -0.3 is 4.74 Å². The summed E-state index contributed by atoms with van der Waals surface area (Å²) < 4.78 is 5.78. The van der Waals surface area contributed by atoms with Crippen LogP contribution in [-0.2, 0) is 9.53 Å². The lowest BCUT2D eigenvalue weighted by Crippen LogP contribution is -2.37. The maximum atomic E-state index is 13.2. The van der Waals surface area contributed by atoms with Crippen molar-refractivity contribution in [3.63, 3.8) is 0 Å². The number of hydrogen-bond donors (Lipinski definition) is 0. The fourth-order valence-electron chi connectivity index (χ4n) is 5.52. The predicted octanol–water partition coefficient (Wildman–Crippen LogP) is 5.32. The summed E-state index contributed by atoms with van der Waals surface area (Å²) in [4.78, 5) is 27.8. The Morgan fingerprint density at radius 2 is 1.41 bits per heavy atom. The number of ketones is 1. The summed E-state index contributed by atoms with van der Waals surface area (Å²) in [6.45, 7) is 7.31. The lowest BCUT2D eigenvalue weighted by Gasteiger charge is -2.43. The van der Waals surface area contributed by atoms with E-state index in [1.807, 2.05) is 56.0 Å². The summed E-state index contributed by atoms with van der Waals surface area (Å²) in [7, 11) is 0. The van der Waals surface area contributed by atoms with Crippen LogP contribution < -0.4 is 0 Å². The maximum absolute atomic E-state index is 13.2. The number of benzene rings is 2. The van der Waals surface area contributed by atoms with Gasteiger partial charge in [0, 0.05) is 17.4 Å². The van der Waals surface area contributed by atoms with Crippen molar-refractivity contribution in [3.05, 3.63) is 76.9 Å². The summed E-state index contributed by atoms with van der Waals surface area (Å²) in [5, 5.41) is 0. The molecular weight excluding hydrogens is 362 g/mol. The van der Waals surface area contributed by atoms with Crippen LogP contribution >= 0.6 is 0 Å². The molecule has 2 aromatic carbocycles. The van der Waals surface area contributed by atoms with Crippen LogP contribution in [0.1, 0.15) is 56.5 Å². The molecule has 2 aliphatic heterocycles. The van der Waals surface area contributed by atoms with E-state index >= 15 is 0 Å². The zero-order valence-electron chi connectivity index (χ0n) is 17.2. The van der Waals surface area contributed by atoms with Gasteiger partial charge in [-0.25, -0.2) is 4.79 Å². The molecular formula is C25H25NO3. The van der Waals surface area contributed by atoms with Crippen molar-refractivity contribution >= 4 is 17.4 Å². The van der Waals surface area contributed by atoms with Crippen LogP contribution in [0.15, 0.2) is 60.2 Å². The highest BCUT2D eigenvalue weighted by molar-refractivity contribution is 6.07. The second-order valence-electron chi connectivity index (χ2n) is 9.21. The van der Waals surface area contributed by atoms with Crippen LogP contribution in [0.25, 0.3) is 5.57 Å². The number of nitrogens with zero attached hydrogens (tertiary/aromatic N) is 1. The van der Waals surface area contributed by atoms with Crippen molar-refractivity contribution in [2.24, 2.45) is 11.8 Å². The number of fused-ring (bicyclic) bond motifs is 8. The zero-order valence-corrected chi connectivity index (χ0v) is 17.2. The highest BCUT2D eigenvalue weighted by Gasteiger charge is 2.65. The Kier molecular flexibility index (Phi) is 3.79. The molecule has 2 bridgehead atoms. The molecule has 0 radical (unpaired) electrons. The molecule has 4 nitrogen and oxygen atoms in total. The van der Waals surface area contributed by atoms with Crippen molar-refractivity contribution in [2.75, 3.05) is 0 Å². The molecule has 5 rings (SSSR count).